The van der Waals surface area contributed by atoms with Crippen LogP contribution in [0.2, 0.25) is 0 Å². The lowest BCUT2D eigenvalue weighted by atomic mass is 10.1. The number of imidazole rings is 1. The van der Waals surface area contributed by atoms with Crippen LogP contribution >= 0.6 is 11.3 Å². The van der Waals surface area contributed by atoms with Crippen LogP contribution in [0.15, 0.2) is 30.6 Å². The first-order valence-corrected chi connectivity index (χ1v) is 7.60. The van der Waals surface area contributed by atoms with Gasteiger partial charge in [-0.05, 0) is 18.2 Å². The van der Waals surface area contributed by atoms with Crippen LogP contribution < -0.4 is 9.47 Å². The molecule has 0 spiro atoms. The van der Waals surface area contributed by atoms with E-state index in [2.05, 4.69) is 4.98 Å². The highest BCUT2D eigenvalue weighted by Gasteiger charge is 2.15. The lowest BCUT2D eigenvalue weighted by Crippen LogP contribution is -2.15. The van der Waals surface area contributed by atoms with Crippen molar-refractivity contribution in [2.24, 2.45) is 0 Å². The van der Waals surface area contributed by atoms with Gasteiger partial charge >= 0.3 is 5.97 Å². The predicted octanol–water partition coefficient (Wildman–Crippen LogP) is 2.46. The van der Waals surface area contributed by atoms with E-state index in [0.29, 0.717) is 13.2 Å². The number of fused-ring (bicyclic) bond motifs is 2. The van der Waals surface area contributed by atoms with E-state index in [-0.39, 0.29) is 6.42 Å². The summed E-state index contributed by atoms with van der Waals surface area (Å²) in [5.74, 6) is 0.642. The number of aromatic nitrogens is 2. The van der Waals surface area contributed by atoms with Crippen LogP contribution in [0.5, 0.6) is 11.5 Å². The molecule has 7 heteroatoms. The highest BCUT2D eigenvalue weighted by molar-refractivity contribution is 7.17. The standard InChI is InChI=1S/C15H12N2O4S/c18-14(19)6-10-7-17-8-11(16-15(17)22-10)9-1-2-12-13(5-9)21-4-3-20-12/h1-2,5,7-8H,3-4,6H2,(H,18,19). The molecule has 0 atom stereocenters. The van der Waals surface area contributed by atoms with Gasteiger partial charge in [0.05, 0.1) is 12.1 Å². The van der Waals surface area contributed by atoms with Gasteiger partial charge in [-0.25, -0.2) is 4.98 Å². The van der Waals surface area contributed by atoms with Gasteiger partial charge in [-0.2, -0.15) is 0 Å². The van der Waals surface area contributed by atoms with Crippen LogP contribution in [0.1, 0.15) is 4.88 Å². The molecule has 1 N–H and O–H groups in total. The van der Waals surface area contributed by atoms with Crippen molar-refractivity contribution in [2.75, 3.05) is 13.2 Å². The first-order valence-electron chi connectivity index (χ1n) is 6.78. The maximum absolute atomic E-state index is 10.7. The van der Waals surface area contributed by atoms with Gasteiger partial charge in [0, 0.05) is 22.8 Å². The van der Waals surface area contributed by atoms with Crippen molar-refractivity contribution in [2.45, 2.75) is 6.42 Å². The zero-order valence-corrected chi connectivity index (χ0v) is 12.3. The molecule has 112 valence electrons. The SMILES string of the molecule is O=C(O)Cc1cn2cc(-c3ccc4c(c3)OCCO4)nc2s1. The zero-order chi connectivity index (χ0) is 15.1. The largest absolute Gasteiger partial charge is 0.486 e. The van der Waals surface area contributed by atoms with Crippen molar-refractivity contribution in [1.82, 2.24) is 9.38 Å². The number of carbonyl (C=O) groups is 1. The zero-order valence-electron chi connectivity index (χ0n) is 11.5. The van der Waals surface area contributed by atoms with Gasteiger partial charge in [0.2, 0.25) is 0 Å². The number of hydrogen-bond acceptors (Lipinski definition) is 5. The lowest BCUT2D eigenvalue weighted by molar-refractivity contribution is -0.136. The van der Waals surface area contributed by atoms with E-state index in [1.54, 1.807) is 0 Å². The Morgan fingerprint density at radius 1 is 1.27 bits per heavy atom. The second kappa shape index (κ2) is 5.03. The van der Waals surface area contributed by atoms with Gasteiger partial charge in [-0.1, -0.05) is 0 Å². The second-order valence-corrected chi connectivity index (χ2v) is 6.04. The Labute approximate surface area is 129 Å². The minimum Gasteiger partial charge on any atom is -0.486 e. The molecule has 0 aliphatic carbocycles. The third-order valence-corrected chi connectivity index (χ3v) is 4.36. The van der Waals surface area contributed by atoms with Crippen molar-refractivity contribution >= 4 is 22.3 Å². The Balaban J connectivity index is 1.69. The molecular formula is C15H12N2O4S. The number of hydrogen-bond donors (Lipinski definition) is 1. The van der Waals surface area contributed by atoms with Crippen molar-refractivity contribution in [3.8, 4) is 22.8 Å². The van der Waals surface area contributed by atoms with E-state index in [0.717, 1.165) is 32.6 Å². The molecule has 3 aromatic rings. The number of thiazole rings is 1. The third-order valence-electron chi connectivity index (χ3n) is 3.37. The van der Waals surface area contributed by atoms with Gasteiger partial charge in [0.15, 0.2) is 16.5 Å². The van der Waals surface area contributed by atoms with Crippen molar-refractivity contribution < 1.29 is 19.4 Å². The first-order chi connectivity index (χ1) is 10.7. The highest BCUT2D eigenvalue weighted by Crippen LogP contribution is 2.34. The minimum atomic E-state index is -0.837. The third kappa shape index (κ3) is 2.29. The minimum absolute atomic E-state index is 0.0212. The van der Waals surface area contributed by atoms with E-state index in [4.69, 9.17) is 14.6 Å². The average Bonchev–Trinajstić information content (AvgIpc) is 3.04. The first kappa shape index (κ1) is 13.1. The van der Waals surface area contributed by atoms with E-state index in [9.17, 15) is 4.79 Å². The maximum Gasteiger partial charge on any atom is 0.308 e. The molecule has 0 saturated carbocycles. The number of ether oxygens (including phenoxy) is 2. The average molecular weight is 316 g/mol. The normalized spacial score (nSPS) is 13.5. The molecule has 2 aromatic heterocycles. The van der Waals surface area contributed by atoms with Gasteiger partial charge in [-0.3, -0.25) is 9.20 Å². The van der Waals surface area contributed by atoms with Gasteiger partial charge in [0.25, 0.3) is 0 Å². The molecule has 0 saturated heterocycles. The molecule has 1 aromatic carbocycles. The van der Waals surface area contributed by atoms with Crippen LogP contribution in [-0.4, -0.2) is 33.7 Å². The van der Waals surface area contributed by atoms with E-state index < -0.39 is 5.97 Å². The van der Waals surface area contributed by atoms with Crippen LogP contribution in [-0.2, 0) is 11.2 Å². The second-order valence-electron chi connectivity index (χ2n) is 4.94. The molecule has 1 aliphatic rings. The summed E-state index contributed by atoms with van der Waals surface area (Å²) < 4.78 is 12.9. The number of rotatable bonds is 3. The fourth-order valence-corrected chi connectivity index (χ4v) is 3.37. The number of benzene rings is 1. The maximum atomic E-state index is 10.7. The molecule has 0 bridgehead atoms. The van der Waals surface area contributed by atoms with Gasteiger partial charge in [0.1, 0.15) is 13.2 Å². The summed E-state index contributed by atoms with van der Waals surface area (Å²) >= 11 is 1.38. The van der Waals surface area contributed by atoms with Crippen molar-refractivity contribution in [3.63, 3.8) is 0 Å². The summed E-state index contributed by atoms with van der Waals surface area (Å²) in [6, 6.07) is 5.74. The fraction of sp³-hybridized carbons (Fsp3) is 0.200. The molecule has 4 rings (SSSR count). The Morgan fingerprint density at radius 2 is 2.09 bits per heavy atom. The smallest absolute Gasteiger partial charge is 0.308 e. The van der Waals surface area contributed by atoms with E-state index in [1.165, 1.54) is 11.3 Å². The summed E-state index contributed by atoms with van der Waals surface area (Å²) in [6.07, 6.45) is 3.72. The summed E-state index contributed by atoms with van der Waals surface area (Å²) in [5, 5.41) is 8.83. The number of carboxylic acids is 1. The molecule has 3 heterocycles. The topological polar surface area (TPSA) is 73.1 Å². The Kier molecular flexibility index (Phi) is 3.00. The van der Waals surface area contributed by atoms with E-state index in [1.807, 2.05) is 35.0 Å². The Bertz CT molecular complexity index is 836. The molecule has 0 radical (unpaired) electrons. The van der Waals surface area contributed by atoms with Crippen LogP contribution in [0, 0.1) is 0 Å². The molecule has 0 amide bonds. The number of carboxylic acid groups (broad SMARTS) is 1. The van der Waals surface area contributed by atoms with Crippen molar-refractivity contribution in [1.29, 1.82) is 0 Å². The molecule has 1 aliphatic heterocycles. The Morgan fingerprint density at radius 3 is 2.86 bits per heavy atom. The van der Waals surface area contributed by atoms with Crippen molar-refractivity contribution in [3.05, 3.63) is 35.5 Å². The monoisotopic (exact) mass is 316 g/mol. The number of nitrogens with zero attached hydrogens (tertiary/aromatic N) is 2. The van der Waals surface area contributed by atoms with Gasteiger partial charge in [-0.15, -0.1) is 11.3 Å². The fourth-order valence-electron chi connectivity index (χ4n) is 2.42. The quantitative estimate of drug-likeness (QED) is 0.803. The predicted molar refractivity (Wildman–Crippen MR) is 80.8 cm³/mol. The lowest BCUT2D eigenvalue weighted by Gasteiger charge is -2.18. The van der Waals surface area contributed by atoms with Crippen LogP contribution in [0.4, 0.5) is 0 Å². The summed E-state index contributed by atoms with van der Waals surface area (Å²) in [5.41, 5.74) is 1.77. The van der Waals surface area contributed by atoms with Crippen LogP contribution in [0.25, 0.3) is 16.2 Å². The summed E-state index contributed by atoms with van der Waals surface area (Å²) in [7, 11) is 0. The van der Waals surface area contributed by atoms with Crippen LogP contribution in [0.3, 0.4) is 0 Å². The summed E-state index contributed by atoms with van der Waals surface area (Å²) in [4.78, 5) is 16.9. The molecule has 0 fully saturated rings. The highest BCUT2D eigenvalue weighted by atomic mass is 32.1. The molecule has 6 nitrogen and oxygen atoms in total. The molecular weight excluding hydrogens is 304 g/mol. The van der Waals surface area contributed by atoms with E-state index >= 15 is 0 Å². The summed E-state index contributed by atoms with van der Waals surface area (Å²) in [6.45, 7) is 1.12. The number of aliphatic carboxylic acids is 1. The Hall–Kier alpha value is -2.54. The van der Waals surface area contributed by atoms with Gasteiger partial charge < -0.3 is 14.6 Å². The molecule has 0 unspecified atom stereocenters. The molecule has 22 heavy (non-hydrogen) atoms.